The Labute approximate surface area is 190 Å². The third-order valence-electron chi connectivity index (χ3n) is 6.11. The number of amides is 2. The summed E-state index contributed by atoms with van der Waals surface area (Å²) in [6.45, 7) is 3.74. The summed E-state index contributed by atoms with van der Waals surface area (Å²) in [6.07, 6.45) is 0. The van der Waals surface area contributed by atoms with Gasteiger partial charge < -0.3 is 4.90 Å². The Bertz CT molecular complexity index is 1380. The Kier molecular flexibility index (Phi) is 4.17. The first kappa shape index (κ1) is 19.1. The average molecular weight is 437 g/mol. The second-order valence-electron chi connectivity index (χ2n) is 8.31. The van der Waals surface area contributed by atoms with Crippen LogP contribution in [0.4, 0.5) is 17.1 Å². The minimum absolute atomic E-state index is 0.198. The van der Waals surface area contributed by atoms with E-state index in [0.717, 1.165) is 27.8 Å². The van der Waals surface area contributed by atoms with Crippen LogP contribution in [0.2, 0.25) is 0 Å². The molecule has 2 aliphatic rings. The lowest BCUT2D eigenvalue weighted by molar-refractivity contribution is 0.0564. The molecule has 0 spiro atoms. The van der Waals surface area contributed by atoms with Crippen LogP contribution in [0.1, 0.15) is 34.6 Å². The van der Waals surface area contributed by atoms with Gasteiger partial charge in [-0.2, -0.15) is 0 Å². The number of nitrogens with zero attached hydrogens (tertiary/aromatic N) is 2. The van der Waals surface area contributed by atoms with Crippen LogP contribution in [0.5, 0.6) is 0 Å². The first-order chi connectivity index (χ1) is 15.6. The fourth-order valence-corrected chi connectivity index (χ4v) is 5.79. The standard InChI is InChI=1S/C27H20N2O2S/c1-16(2)28-26(30)18-9-7-8-17-20(15-14-19(25(17)18)27(28)31)29-21-10-3-5-12-23(21)32-24-13-6-4-11-22(24)29/h3-16H,1-2H3. The smallest absolute Gasteiger partial charge is 0.261 e. The summed E-state index contributed by atoms with van der Waals surface area (Å²) in [6, 6.07) is 26.1. The second-order valence-corrected chi connectivity index (χ2v) is 9.39. The molecule has 0 N–H and O–H groups in total. The zero-order chi connectivity index (χ0) is 22.0. The van der Waals surface area contributed by atoms with Crippen molar-refractivity contribution in [2.45, 2.75) is 29.7 Å². The van der Waals surface area contributed by atoms with E-state index in [1.54, 1.807) is 11.8 Å². The summed E-state index contributed by atoms with van der Waals surface area (Å²) in [4.78, 5) is 32.4. The zero-order valence-corrected chi connectivity index (χ0v) is 18.5. The van der Waals surface area contributed by atoms with E-state index in [4.69, 9.17) is 0 Å². The molecule has 0 aromatic heterocycles. The number of para-hydroxylation sites is 2. The van der Waals surface area contributed by atoms with Gasteiger partial charge in [0.1, 0.15) is 0 Å². The fraction of sp³-hybridized carbons (Fsp3) is 0.111. The minimum atomic E-state index is -0.227. The summed E-state index contributed by atoms with van der Waals surface area (Å²) >= 11 is 1.76. The number of rotatable bonds is 2. The third-order valence-corrected chi connectivity index (χ3v) is 7.24. The summed E-state index contributed by atoms with van der Waals surface area (Å²) < 4.78 is 0. The predicted molar refractivity (Wildman–Crippen MR) is 128 cm³/mol. The van der Waals surface area contributed by atoms with Gasteiger partial charge in [-0.25, -0.2) is 0 Å². The Morgan fingerprint density at radius 2 is 1.25 bits per heavy atom. The normalized spacial score (nSPS) is 14.7. The number of anilines is 3. The lowest BCUT2D eigenvalue weighted by atomic mass is 9.92. The monoisotopic (exact) mass is 436 g/mol. The second kappa shape index (κ2) is 6.97. The van der Waals surface area contributed by atoms with E-state index in [9.17, 15) is 9.59 Å². The molecule has 0 saturated carbocycles. The Morgan fingerprint density at radius 3 is 1.88 bits per heavy atom. The molecule has 0 radical (unpaired) electrons. The highest BCUT2D eigenvalue weighted by Crippen LogP contribution is 2.52. The van der Waals surface area contributed by atoms with Crippen molar-refractivity contribution in [2.75, 3.05) is 4.90 Å². The molecule has 2 heterocycles. The fourth-order valence-electron chi connectivity index (χ4n) is 4.73. The molecule has 2 aliphatic heterocycles. The Balaban J connectivity index is 1.65. The van der Waals surface area contributed by atoms with Gasteiger partial charge in [0, 0.05) is 37.7 Å². The van der Waals surface area contributed by atoms with Gasteiger partial charge in [0.25, 0.3) is 11.8 Å². The molecule has 0 bridgehead atoms. The van der Waals surface area contributed by atoms with E-state index in [1.807, 2.05) is 68.4 Å². The summed E-state index contributed by atoms with van der Waals surface area (Å²) in [5.41, 5.74) is 4.31. The van der Waals surface area contributed by atoms with E-state index < -0.39 is 0 Å². The molecular weight excluding hydrogens is 416 g/mol. The van der Waals surface area contributed by atoms with E-state index in [1.165, 1.54) is 14.7 Å². The highest BCUT2D eigenvalue weighted by atomic mass is 32.2. The van der Waals surface area contributed by atoms with Crippen molar-refractivity contribution in [3.05, 3.63) is 90.0 Å². The molecule has 4 aromatic carbocycles. The van der Waals surface area contributed by atoms with Crippen molar-refractivity contribution in [1.29, 1.82) is 0 Å². The first-order valence-corrected chi connectivity index (χ1v) is 11.5. The highest BCUT2D eigenvalue weighted by Gasteiger charge is 2.36. The molecule has 156 valence electrons. The number of benzene rings is 4. The lowest BCUT2D eigenvalue weighted by Crippen LogP contribution is -2.44. The maximum Gasteiger partial charge on any atom is 0.261 e. The highest BCUT2D eigenvalue weighted by molar-refractivity contribution is 7.99. The molecule has 0 fully saturated rings. The van der Waals surface area contributed by atoms with Crippen molar-refractivity contribution in [2.24, 2.45) is 0 Å². The Hall–Kier alpha value is -3.57. The number of hydrogen-bond acceptors (Lipinski definition) is 4. The Morgan fingerprint density at radius 1 is 0.656 bits per heavy atom. The molecular formula is C27H20N2O2S. The number of carbonyl (C=O) groups excluding carboxylic acids is 2. The summed E-state index contributed by atoms with van der Waals surface area (Å²) in [5.74, 6) is -0.453. The molecule has 0 atom stereocenters. The van der Waals surface area contributed by atoms with Gasteiger partial charge >= 0.3 is 0 Å². The van der Waals surface area contributed by atoms with Crippen molar-refractivity contribution in [3.8, 4) is 0 Å². The van der Waals surface area contributed by atoms with Gasteiger partial charge in [0.15, 0.2) is 0 Å². The van der Waals surface area contributed by atoms with Crippen LogP contribution in [-0.4, -0.2) is 22.8 Å². The molecule has 2 amide bonds. The van der Waals surface area contributed by atoms with Crippen LogP contribution < -0.4 is 4.90 Å². The predicted octanol–water partition coefficient (Wildman–Crippen LogP) is 6.78. The third kappa shape index (κ3) is 2.58. The maximum absolute atomic E-state index is 13.2. The van der Waals surface area contributed by atoms with Gasteiger partial charge in [-0.15, -0.1) is 0 Å². The number of imide groups is 1. The average Bonchev–Trinajstić information content (AvgIpc) is 2.80. The summed E-state index contributed by atoms with van der Waals surface area (Å²) in [7, 11) is 0. The van der Waals surface area contributed by atoms with Gasteiger partial charge in [-0.1, -0.05) is 48.2 Å². The lowest BCUT2D eigenvalue weighted by Gasteiger charge is -2.35. The van der Waals surface area contributed by atoms with Crippen LogP contribution >= 0.6 is 11.8 Å². The molecule has 0 unspecified atom stereocenters. The number of carbonyl (C=O) groups is 2. The van der Waals surface area contributed by atoms with Gasteiger partial charge in [0.05, 0.1) is 17.1 Å². The number of hydrogen-bond donors (Lipinski definition) is 0. The SMILES string of the molecule is CC(C)N1C(=O)c2cccc3c(N4c5ccccc5Sc5ccccc54)ccc(c23)C1=O. The minimum Gasteiger partial charge on any atom is -0.308 e. The molecule has 4 aromatic rings. The zero-order valence-electron chi connectivity index (χ0n) is 17.7. The molecule has 6 rings (SSSR count). The number of fused-ring (bicyclic) bond motifs is 2. The van der Waals surface area contributed by atoms with Gasteiger partial charge in [-0.05, 0) is 56.3 Å². The van der Waals surface area contributed by atoms with Crippen LogP contribution in [0.25, 0.3) is 10.8 Å². The topological polar surface area (TPSA) is 40.6 Å². The van der Waals surface area contributed by atoms with E-state index in [0.29, 0.717) is 11.1 Å². The van der Waals surface area contributed by atoms with Crippen molar-refractivity contribution in [1.82, 2.24) is 4.90 Å². The van der Waals surface area contributed by atoms with Gasteiger partial charge in [0.2, 0.25) is 0 Å². The summed E-state index contributed by atoms with van der Waals surface area (Å²) in [5, 5.41) is 1.65. The van der Waals surface area contributed by atoms with Crippen LogP contribution in [0, 0.1) is 0 Å². The van der Waals surface area contributed by atoms with E-state index in [2.05, 4.69) is 29.2 Å². The van der Waals surface area contributed by atoms with Gasteiger partial charge in [-0.3, -0.25) is 14.5 Å². The van der Waals surface area contributed by atoms with Crippen LogP contribution in [-0.2, 0) is 0 Å². The molecule has 5 heteroatoms. The van der Waals surface area contributed by atoms with Crippen molar-refractivity contribution >= 4 is 51.4 Å². The first-order valence-electron chi connectivity index (χ1n) is 10.7. The molecule has 0 saturated heterocycles. The maximum atomic E-state index is 13.2. The van der Waals surface area contributed by atoms with Crippen molar-refractivity contribution < 1.29 is 9.59 Å². The van der Waals surface area contributed by atoms with E-state index >= 15 is 0 Å². The molecule has 32 heavy (non-hydrogen) atoms. The van der Waals surface area contributed by atoms with Crippen LogP contribution in [0.15, 0.2) is 88.7 Å². The van der Waals surface area contributed by atoms with Crippen LogP contribution in [0.3, 0.4) is 0 Å². The largest absolute Gasteiger partial charge is 0.308 e. The quantitative estimate of drug-likeness (QED) is 0.286. The molecule has 0 aliphatic carbocycles. The van der Waals surface area contributed by atoms with Crippen molar-refractivity contribution in [3.63, 3.8) is 0 Å². The molecule has 4 nitrogen and oxygen atoms in total. The van der Waals surface area contributed by atoms with E-state index in [-0.39, 0.29) is 17.9 Å².